The Morgan fingerprint density at radius 1 is 1.14 bits per heavy atom. The number of hydrogen-bond donors (Lipinski definition) is 1. The van der Waals surface area contributed by atoms with E-state index in [0.29, 0.717) is 35.4 Å². The zero-order chi connectivity index (χ0) is 31.9. The number of ether oxygens (including phenoxy) is 2. The number of hydrogen-bond acceptors (Lipinski definition) is 8. The molecule has 0 unspecified atom stereocenters. The van der Waals surface area contributed by atoms with Gasteiger partial charge in [-0.15, -0.1) is 13.2 Å². The van der Waals surface area contributed by atoms with Crippen molar-refractivity contribution in [3.63, 3.8) is 0 Å². The van der Waals surface area contributed by atoms with Crippen LogP contribution in [0.4, 0.5) is 13.2 Å². The van der Waals surface area contributed by atoms with E-state index in [1.165, 1.54) is 11.0 Å². The van der Waals surface area contributed by atoms with Gasteiger partial charge in [0.1, 0.15) is 23.4 Å². The van der Waals surface area contributed by atoms with Crippen LogP contribution >= 0.6 is 0 Å². The lowest BCUT2D eigenvalue weighted by atomic mass is 9.96. The molecule has 15 heteroatoms. The Kier molecular flexibility index (Phi) is 6.72. The van der Waals surface area contributed by atoms with Crippen molar-refractivity contribution in [2.45, 2.75) is 51.3 Å². The largest absolute Gasteiger partial charge is 0.573 e. The number of aromatic nitrogens is 2. The molecule has 2 aromatic heterocycles. The number of rotatable bonds is 6. The molecule has 1 saturated carbocycles. The van der Waals surface area contributed by atoms with E-state index in [0.717, 1.165) is 16.1 Å². The Hall–Kier alpha value is -4.53. The summed E-state index contributed by atoms with van der Waals surface area (Å²) >= 11 is 0. The Bertz CT molecular complexity index is 1990. The topological polar surface area (TPSA) is 147 Å². The summed E-state index contributed by atoms with van der Waals surface area (Å²) in [5, 5.41) is 3.22. The number of amides is 2. The highest BCUT2D eigenvalue weighted by molar-refractivity contribution is 7.91. The number of primary amides is 1. The Morgan fingerprint density at radius 3 is 2.41 bits per heavy atom. The highest BCUT2D eigenvalue weighted by Gasteiger charge is 2.41. The van der Waals surface area contributed by atoms with E-state index in [1.54, 1.807) is 26.8 Å². The number of carbonyl (C=O) groups excluding carboxylic acids is 2. The lowest BCUT2D eigenvalue weighted by Gasteiger charge is -2.33. The molecule has 0 radical (unpaired) electrons. The van der Waals surface area contributed by atoms with Crippen LogP contribution in [-0.2, 0) is 14.8 Å². The smallest absolute Gasteiger partial charge is 0.492 e. The maximum Gasteiger partial charge on any atom is 0.573 e. The van der Waals surface area contributed by atoms with Gasteiger partial charge in [0, 0.05) is 22.4 Å². The number of benzene rings is 2. The molecular formula is C29H27F3N4O7S. The van der Waals surface area contributed by atoms with Gasteiger partial charge in [-0.3, -0.25) is 9.59 Å². The first-order valence-electron chi connectivity index (χ1n) is 13.6. The first kappa shape index (κ1) is 29.5. The maximum atomic E-state index is 14.1. The summed E-state index contributed by atoms with van der Waals surface area (Å²) in [7, 11) is -4.28. The standard InChI is InChI=1S/C29H27F3N4O7S/c1-13-11-35(12-14(2)41-13)28(38)21-9-18(42-29(30,31)32)10-23-25(21)20-7-17(24-15(3)34-43-16(24)4)8-22(27(33)37)26(20)36(23)44(39,40)19-5-6-19/h7-10,14,19H,1,5-6,11-12H2,2-4H3,(H2,33,37)/t14-/m0/s1. The van der Waals surface area contributed by atoms with Crippen molar-refractivity contribution < 1.29 is 45.2 Å². The van der Waals surface area contributed by atoms with E-state index in [-0.39, 0.29) is 51.8 Å². The van der Waals surface area contributed by atoms with Gasteiger partial charge in [-0.05, 0) is 57.4 Å². The molecule has 1 atom stereocenters. The van der Waals surface area contributed by atoms with Gasteiger partial charge in [-0.1, -0.05) is 11.7 Å². The molecule has 2 fully saturated rings. The minimum absolute atomic E-state index is 0.00427. The molecule has 0 spiro atoms. The van der Waals surface area contributed by atoms with Gasteiger partial charge in [-0.2, -0.15) is 0 Å². The molecule has 2 aromatic carbocycles. The lowest BCUT2D eigenvalue weighted by Crippen LogP contribution is -2.43. The third-order valence-corrected chi connectivity index (χ3v) is 9.85. The molecule has 1 aliphatic carbocycles. The highest BCUT2D eigenvalue weighted by atomic mass is 32.2. The van der Waals surface area contributed by atoms with Crippen LogP contribution in [0.25, 0.3) is 32.9 Å². The van der Waals surface area contributed by atoms with Crippen LogP contribution in [0.2, 0.25) is 0 Å². The van der Waals surface area contributed by atoms with Crippen LogP contribution < -0.4 is 10.5 Å². The molecule has 44 heavy (non-hydrogen) atoms. The van der Waals surface area contributed by atoms with E-state index >= 15 is 0 Å². The second-order valence-corrected chi connectivity index (χ2v) is 13.1. The molecule has 6 rings (SSSR count). The Balaban J connectivity index is 1.78. The summed E-state index contributed by atoms with van der Waals surface area (Å²) in [6.45, 7) is 8.83. The van der Waals surface area contributed by atoms with Crippen molar-refractivity contribution in [1.82, 2.24) is 14.0 Å². The molecule has 2 N–H and O–H groups in total. The number of nitrogens with two attached hydrogens (primary N) is 1. The molecule has 3 heterocycles. The lowest BCUT2D eigenvalue weighted by molar-refractivity contribution is -0.274. The van der Waals surface area contributed by atoms with Crippen molar-refractivity contribution in [2.24, 2.45) is 5.73 Å². The highest BCUT2D eigenvalue weighted by Crippen LogP contribution is 2.44. The van der Waals surface area contributed by atoms with Gasteiger partial charge in [0.2, 0.25) is 10.0 Å². The molecule has 11 nitrogen and oxygen atoms in total. The summed E-state index contributed by atoms with van der Waals surface area (Å²) in [5.41, 5.74) is 6.23. The average molecular weight is 633 g/mol. The van der Waals surface area contributed by atoms with E-state index in [9.17, 15) is 31.2 Å². The molecule has 0 bridgehead atoms. The molecule has 1 saturated heterocycles. The summed E-state index contributed by atoms with van der Waals surface area (Å²) in [6, 6.07) is 4.76. The summed E-state index contributed by atoms with van der Waals surface area (Å²) in [5.74, 6) is -1.85. The number of alkyl halides is 3. The van der Waals surface area contributed by atoms with Crippen molar-refractivity contribution in [3.8, 4) is 16.9 Å². The first-order chi connectivity index (χ1) is 20.6. The van der Waals surface area contributed by atoms with Crippen LogP contribution in [0.5, 0.6) is 5.75 Å². The van der Waals surface area contributed by atoms with E-state index < -0.39 is 45.3 Å². The fraction of sp³-hybridized carbons (Fsp3) is 0.345. The Labute approximate surface area is 249 Å². The molecule has 2 aliphatic rings. The zero-order valence-electron chi connectivity index (χ0n) is 23.8. The number of carbonyl (C=O) groups is 2. The minimum atomic E-state index is -5.16. The zero-order valence-corrected chi connectivity index (χ0v) is 24.6. The fourth-order valence-corrected chi connectivity index (χ4v) is 7.75. The van der Waals surface area contributed by atoms with Gasteiger partial charge in [0.15, 0.2) is 0 Å². The third-order valence-electron chi connectivity index (χ3n) is 7.64. The van der Waals surface area contributed by atoms with Gasteiger partial charge in [-0.25, -0.2) is 12.4 Å². The SMILES string of the molecule is C=C1CN(C(=O)c2cc(OC(F)(F)F)cc3c2c2cc(-c4c(C)noc4C)cc(C(N)=O)c2n3S(=O)(=O)C2CC2)C[C@H](C)O1. The van der Waals surface area contributed by atoms with Gasteiger partial charge in [0.25, 0.3) is 11.8 Å². The summed E-state index contributed by atoms with van der Waals surface area (Å²) < 4.78 is 84.3. The number of aryl methyl sites for hydroxylation is 2. The molecule has 2 amide bonds. The van der Waals surface area contributed by atoms with Gasteiger partial charge < -0.3 is 24.6 Å². The predicted octanol–water partition coefficient (Wildman–Crippen LogP) is 4.78. The first-order valence-corrected chi connectivity index (χ1v) is 15.1. The molecule has 4 aromatic rings. The van der Waals surface area contributed by atoms with Crippen LogP contribution in [0, 0.1) is 13.8 Å². The second-order valence-electron chi connectivity index (χ2n) is 11.1. The van der Waals surface area contributed by atoms with Gasteiger partial charge >= 0.3 is 6.36 Å². The quantitative estimate of drug-likeness (QED) is 0.320. The van der Waals surface area contributed by atoms with Crippen molar-refractivity contribution >= 4 is 43.6 Å². The minimum Gasteiger partial charge on any atom is -0.492 e. The van der Waals surface area contributed by atoms with Crippen LogP contribution in [-0.4, -0.2) is 65.1 Å². The van der Waals surface area contributed by atoms with Crippen LogP contribution in [0.3, 0.4) is 0 Å². The average Bonchev–Trinajstić information content (AvgIpc) is 3.65. The normalized spacial score (nSPS) is 17.7. The second kappa shape index (κ2) is 10.0. The van der Waals surface area contributed by atoms with Gasteiger partial charge in [0.05, 0.1) is 46.2 Å². The van der Waals surface area contributed by atoms with Crippen LogP contribution in [0.1, 0.15) is 51.9 Å². The Morgan fingerprint density at radius 2 is 1.84 bits per heavy atom. The fourth-order valence-electron chi connectivity index (χ4n) is 5.85. The van der Waals surface area contributed by atoms with E-state index in [4.69, 9.17) is 15.0 Å². The number of morpholine rings is 1. The summed E-state index contributed by atoms with van der Waals surface area (Å²) in [6.07, 6.45) is -5.00. The molecule has 1 aliphatic heterocycles. The van der Waals surface area contributed by atoms with E-state index in [1.807, 2.05) is 0 Å². The monoisotopic (exact) mass is 632 g/mol. The predicted molar refractivity (Wildman–Crippen MR) is 153 cm³/mol. The van der Waals surface area contributed by atoms with Crippen molar-refractivity contribution in [1.29, 1.82) is 0 Å². The number of fused-ring (bicyclic) bond motifs is 3. The summed E-state index contributed by atoms with van der Waals surface area (Å²) in [4.78, 5) is 28.4. The van der Waals surface area contributed by atoms with Crippen molar-refractivity contribution in [2.75, 3.05) is 13.1 Å². The van der Waals surface area contributed by atoms with Crippen molar-refractivity contribution in [3.05, 3.63) is 59.2 Å². The maximum absolute atomic E-state index is 14.1. The van der Waals surface area contributed by atoms with E-state index in [2.05, 4.69) is 16.5 Å². The number of nitrogens with zero attached hydrogens (tertiary/aromatic N) is 3. The molecular weight excluding hydrogens is 605 g/mol. The van der Waals surface area contributed by atoms with Crippen LogP contribution in [0.15, 0.2) is 41.1 Å². The molecule has 232 valence electrons. The number of halogens is 3. The third kappa shape index (κ3) is 4.94.